The highest BCUT2D eigenvalue weighted by Crippen LogP contribution is 2.14. The van der Waals surface area contributed by atoms with Crippen LogP contribution in [0.4, 0.5) is 0 Å². The lowest BCUT2D eigenvalue weighted by Gasteiger charge is -2.38. The Balaban J connectivity index is 1.69. The first-order chi connectivity index (χ1) is 8.09. The minimum atomic E-state index is -0.177. The number of hydrogen-bond donors (Lipinski definition) is 2. The predicted octanol–water partition coefficient (Wildman–Crippen LogP) is -0.585. The fourth-order valence-electron chi connectivity index (χ4n) is 1.63. The van der Waals surface area contributed by atoms with Gasteiger partial charge in [-0.25, -0.2) is 0 Å². The Kier molecular flexibility index (Phi) is 3.44. The second kappa shape index (κ2) is 4.85. The topological polar surface area (TPSA) is 68.2 Å². The van der Waals surface area contributed by atoms with Crippen molar-refractivity contribution in [2.75, 3.05) is 19.7 Å². The van der Waals surface area contributed by atoms with E-state index in [1.807, 2.05) is 20.0 Å². The third-order valence-corrected chi connectivity index (χ3v) is 2.94. The number of aryl methyl sites for hydroxylation is 1. The van der Waals surface area contributed by atoms with Crippen molar-refractivity contribution in [2.24, 2.45) is 7.05 Å². The molecule has 0 aliphatic carbocycles. The molecule has 6 heteroatoms. The van der Waals surface area contributed by atoms with Gasteiger partial charge in [0, 0.05) is 26.3 Å². The molecule has 94 valence electrons. The highest BCUT2D eigenvalue weighted by molar-refractivity contribution is 5.77. The highest BCUT2D eigenvalue weighted by Gasteiger charge is 2.32. The Labute approximate surface area is 100 Å². The average Bonchev–Trinajstić information content (AvgIpc) is 2.67. The molecule has 1 aliphatic rings. The van der Waals surface area contributed by atoms with E-state index in [0.29, 0.717) is 6.54 Å². The molecule has 1 aromatic rings. The van der Waals surface area contributed by atoms with Gasteiger partial charge in [0.15, 0.2) is 0 Å². The largest absolute Gasteiger partial charge is 0.363 e. The van der Waals surface area contributed by atoms with Crippen LogP contribution in [-0.4, -0.2) is 41.0 Å². The van der Waals surface area contributed by atoms with Crippen molar-refractivity contribution in [1.82, 2.24) is 20.4 Å². The van der Waals surface area contributed by atoms with Gasteiger partial charge in [0.2, 0.25) is 5.91 Å². The van der Waals surface area contributed by atoms with E-state index in [4.69, 9.17) is 4.74 Å². The zero-order valence-electron chi connectivity index (χ0n) is 10.2. The van der Waals surface area contributed by atoms with E-state index in [9.17, 15) is 4.79 Å². The van der Waals surface area contributed by atoms with E-state index >= 15 is 0 Å². The zero-order chi connectivity index (χ0) is 12.3. The predicted molar refractivity (Wildman–Crippen MR) is 62.3 cm³/mol. The normalized spacial score (nSPS) is 17.5. The van der Waals surface area contributed by atoms with E-state index < -0.39 is 0 Å². The average molecular weight is 238 g/mol. The molecule has 0 radical (unpaired) electrons. The van der Waals surface area contributed by atoms with Crippen LogP contribution in [0.25, 0.3) is 0 Å². The van der Waals surface area contributed by atoms with Gasteiger partial charge in [-0.3, -0.25) is 9.48 Å². The fourth-order valence-corrected chi connectivity index (χ4v) is 1.63. The summed E-state index contributed by atoms with van der Waals surface area (Å²) in [5.41, 5.74) is 0.791. The van der Waals surface area contributed by atoms with Crippen LogP contribution in [0.15, 0.2) is 12.3 Å². The van der Waals surface area contributed by atoms with Crippen molar-refractivity contribution < 1.29 is 9.53 Å². The fraction of sp³-hybridized carbons (Fsp3) is 0.636. The number of carbonyl (C=O) groups is 1. The first kappa shape index (κ1) is 12.1. The molecule has 2 rings (SSSR count). The summed E-state index contributed by atoms with van der Waals surface area (Å²) < 4.78 is 7.26. The Hall–Kier alpha value is -1.40. The molecule has 2 heterocycles. The van der Waals surface area contributed by atoms with Crippen LogP contribution in [0.1, 0.15) is 12.6 Å². The summed E-state index contributed by atoms with van der Waals surface area (Å²) in [7, 11) is 1.85. The van der Waals surface area contributed by atoms with E-state index in [1.54, 1.807) is 10.9 Å². The molecule has 0 atom stereocenters. The smallest absolute Gasteiger partial charge is 0.246 e. The molecule has 0 bridgehead atoms. The third-order valence-electron chi connectivity index (χ3n) is 2.94. The second-order valence-electron chi connectivity index (χ2n) is 4.57. The Bertz CT molecular complexity index is 398. The van der Waals surface area contributed by atoms with E-state index in [1.165, 1.54) is 0 Å². The third kappa shape index (κ3) is 3.04. The van der Waals surface area contributed by atoms with E-state index in [2.05, 4.69) is 15.7 Å². The molecule has 0 spiro atoms. The quantitative estimate of drug-likeness (QED) is 0.720. The summed E-state index contributed by atoms with van der Waals surface area (Å²) in [6.45, 7) is 4.20. The number of hydrogen-bond acceptors (Lipinski definition) is 4. The van der Waals surface area contributed by atoms with Crippen molar-refractivity contribution in [3.05, 3.63) is 18.0 Å². The lowest BCUT2D eigenvalue weighted by Crippen LogP contribution is -2.59. The maximum absolute atomic E-state index is 11.6. The number of carbonyl (C=O) groups excluding carboxylic acids is 1. The summed E-state index contributed by atoms with van der Waals surface area (Å²) in [6, 6.07) is 1.87. The second-order valence-corrected chi connectivity index (χ2v) is 4.57. The molecular weight excluding hydrogens is 220 g/mol. The monoisotopic (exact) mass is 238 g/mol. The minimum absolute atomic E-state index is 0.0978. The lowest BCUT2D eigenvalue weighted by atomic mass is 10.0. The summed E-state index contributed by atoms with van der Waals surface area (Å²) in [6.07, 6.45) is 1.71. The van der Waals surface area contributed by atoms with Gasteiger partial charge in [0.05, 0.1) is 17.8 Å². The summed E-state index contributed by atoms with van der Waals surface area (Å²) in [5.74, 6) is -0.0978. The number of ether oxygens (including phenoxy) is 1. The van der Waals surface area contributed by atoms with Gasteiger partial charge in [-0.2, -0.15) is 5.10 Å². The van der Waals surface area contributed by atoms with Gasteiger partial charge in [-0.1, -0.05) is 0 Å². The number of aromatic nitrogens is 2. The van der Waals surface area contributed by atoms with Crippen LogP contribution >= 0.6 is 0 Å². The van der Waals surface area contributed by atoms with Crippen LogP contribution in [-0.2, 0) is 23.1 Å². The lowest BCUT2D eigenvalue weighted by molar-refractivity contribution is -0.136. The molecule has 6 nitrogen and oxygen atoms in total. The molecule has 1 amide bonds. The SMILES string of the molecule is Cn1nccc1CNC(=O)COC1(C)CNC1. The van der Waals surface area contributed by atoms with Gasteiger partial charge in [0.1, 0.15) is 6.61 Å². The molecule has 2 N–H and O–H groups in total. The molecular formula is C11H18N4O2. The number of rotatable bonds is 5. The standard InChI is InChI=1S/C11H18N4O2/c1-11(7-12-8-11)17-6-10(16)13-5-9-3-4-14-15(9)2/h3-4,12H,5-8H2,1-2H3,(H,13,16). The van der Waals surface area contributed by atoms with Crippen LogP contribution in [0.3, 0.4) is 0 Å². The summed E-state index contributed by atoms with van der Waals surface area (Å²) in [4.78, 5) is 11.6. The Morgan fingerprint density at radius 3 is 3.00 bits per heavy atom. The molecule has 0 saturated carbocycles. The molecule has 17 heavy (non-hydrogen) atoms. The van der Waals surface area contributed by atoms with Gasteiger partial charge in [-0.05, 0) is 13.0 Å². The molecule has 0 aromatic carbocycles. The molecule has 1 fully saturated rings. The van der Waals surface area contributed by atoms with Crippen LogP contribution in [0, 0.1) is 0 Å². The number of amides is 1. The molecule has 1 aliphatic heterocycles. The Morgan fingerprint density at radius 1 is 1.71 bits per heavy atom. The molecule has 1 saturated heterocycles. The van der Waals surface area contributed by atoms with Gasteiger partial charge in [0.25, 0.3) is 0 Å². The highest BCUT2D eigenvalue weighted by atomic mass is 16.5. The van der Waals surface area contributed by atoms with Gasteiger partial charge in [-0.15, -0.1) is 0 Å². The first-order valence-corrected chi connectivity index (χ1v) is 5.67. The number of nitrogens with zero attached hydrogens (tertiary/aromatic N) is 2. The Morgan fingerprint density at radius 2 is 2.47 bits per heavy atom. The van der Waals surface area contributed by atoms with E-state index in [-0.39, 0.29) is 18.1 Å². The minimum Gasteiger partial charge on any atom is -0.363 e. The van der Waals surface area contributed by atoms with Crippen LogP contribution in [0.5, 0.6) is 0 Å². The van der Waals surface area contributed by atoms with Crippen LogP contribution < -0.4 is 10.6 Å². The van der Waals surface area contributed by atoms with Crippen molar-refractivity contribution in [3.63, 3.8) is 0 Å². The van der Waals surface area contributed by atoms with Crippen molar-refractivity contribution in [1.29, 1.82) is 0 Å². The van der Waals surface area contributed by atoms with Crippen LogP contribution in [0.2, 0.25) is 0 Å². The first-order valence-electron chi connectivity index (χ1n) is 5.67. The van der Waals surface area contributed by atoms with Crippen molar-refractivity contribution in [2.45, 2.75) is 19.1 Å². The van der Waals surface area contributed by atoms with Gasteiger partial charge < -0.3 is 15.4 Å². The van der Waals surface area contributed by atoms with Crippen molar-refractivity contribution in [3.8, 4) is 0 Å². The number of nitrogens with one attached hydrogen (secondary N) is 2. The summed E-state index contributed by atoms with van der Waals surface area (Å²) >= 11 is 0. The molecule has 0 unspecified atom stereocenters. The van der Waals surface area contributed by atoms with Gasteiger partial charge >= 0.3 is 0 Å². The zero-order valence-corrected chi connectivity index (χ0v) is 10.2. The maximum Gasteiger partial charge on any atom is 0.246 e. The van der Waals surface area contributed by atoms with E-state index in [0.717, 1.165) is 18.8 Å². The molecule has 1 aromatic heterocycles. The summed E-state index contributed by atoms with van der Waals surface area (Å²) in [5, 5.41) is 9.95. The van der Waals surface area contributed by atoms with Crippen molar-refractivity contribution >= 4 is 5.91 Å². The maximum atomic E-state index is 11.6.